The molecule has 2 nitrogen and oxygen atoms in total. The van der Waals surface area contributed by atoms with Crippen molar-refractivity contribution in [3.8, 4) is 11.1 Å². The fourth-order valence-corrected chi connectivity index (χ4v) is 4.85. The summed E-state index contributed by atoms with van der Waals surface area (Å²) in [6.45, 7) is 10.9. The van der Waals surface area contributed by atoms with Gasteiger partial charge in [-0.2, -0.15) is 0 Å². The molecule has 3 heteroatoms. The van der Waals surface area contributed by atoms with E-state index in [1.54, 1.807) is 6.39 Å². The van der Waals surface area contributed by atoms with Crippen LogP contribution in [-0.4, -0.2) is 4.98 Å². The summed E-state index contributed by atoms with van der Waals surface area (Å²) in [6, 6.07) is 16.7. The average Bonchev–Trinajstić information content (AvgIpc) is 3.10. The molecule has 5 aromatic rings. The van der Waals surface area contributed by atoms with Crippen molar-refractivity contribution in [1.82, 2.24) is 4.98 Å². The number of benzene rings is 4. The molecule has 5 rings (SSSR count). The first-order valence-electron chi connectivity index (χ1n) is 9.64. The van der Waals surface area contributed by atoms with Gasteiger partial charge in [-0.25, -0.2) is 0 Å². The standard InChI is InChI=1S/C26H22NO.Ir/c1-14-9-16(3)22(17(4)10-14)19-7-6-8-20-24(19)21-12-15(2)11-18(5)23(21)26-25(20)27-13-28-26;/h6-7,9-13H,1-5H3;/q-1;. The second-order valence-corrected chi connectivity index (χ2v) is 7.95. The third-order valence-electron chi connectivity index (χ3n) is 5.72. The van der Waals surface area contributed by atoms with Crippen LogP contribution in [0.5, 0.6) is 0 Å². The van der Waals surface area contributed by atoms with E-state index in [0.717, 1.165) is 21.9 Å². The number of oxazole rings is 1. The Balaban J connectivity index is 0.00000205. The van der Waals surface area contributed by atoms with Crippen LogP contribution in [0.15, 0.2) is 47.2 Å². The molecule has 147 valence electrons. The first-order chi connectivity index (χ1) is 13.5. The Morgan fingerprint density at radius 2 is 1.48 bits per heavy atom. The summed E-state index contributed by atoms with van der Waals surface area (Å²) in [6.07, 6.45) is 1.55. The van der Waals surface area contributed by atoms with E-state index >= 15 is 0 Å². The molecule has 0 bridgehead atoms. The quantitative estimate of drug-likeness (QED) is 0.162. The summed E-state index contributed by atoms with van der Waals surface area (Å²) in [5.41, 5.74) is 10.6. The van der Waals surface area contributed by atoms with Crippen LogP contribution < -0.4 is 0 Å². The van der Waals surface area contributed by atoms with Gasteiger partial charge in [-0.1, -0.05) is 46.3 Å². The van der Waals surface area contributed by atoms with Crippen molar-refractivity contribution in [2.45, 2.75) is 34.6 Å². The Hall–Kier alpha value is -2.48. The minimum atomic E-state index is 0. The van der Waals surface area contributed by atoms with Crippen molar-refractivity contribution in [2.75, 3.05) is 0 Å². The van der Waals surface area contributed by atoms with E-state index in [2.05, 4.69) is 76.0 Å². The fraction of sp³-hybridized carbons (Fsp3) is 0.192. The zero-order valence-electron chi connectivity index (χ0n) is 17.2. The molecule has 0 fully saturated rings. The zero-order chi connectivity index (χ0) is 19.6. The number of fused-ring (bicyclic) bond motifs is 6. The molecule has 0 N–H and O–H groups in total. The van der Waals surface area contributed by atoms with Gasteiger partial charge in [0.2, 0.25) is 0 Å². The van der Waals surface area contributed by atoms with Crippen molar-refractivity contribution in [3.63, 3.8) is 0 Å². The Morgan fingerprint density at radius 3 is 2.21 bits per heavy atom. The van der Waals surface area contributed by atoms with E-state index in [4.69, 9.17) is 4.42 Å². The SMILES string of the molecule is Cc1cc(C)c(-c2cc[c-]c3c4ncoc4c4c(C)cc(C)cc4c23)c(C)c1.[Ir]. The van der Waals surface area contributed by atoms with Gasteiger partial charge in [0, 0.05) is 31.0 Å². The molecule has 1 radical (unpaired) electrons. The van der Waals surface area contributed by atoms with Crippen LogP contribution in [-0.2, 0) is 20.1 Å². The van der Waals surface area contributed by atoms with Gasteiger partial charge in [0.05, 0.1) is 0 Å². The minimum Gasteiger partial charge on any atom is -0.454 e. The number of nitrogens with zero attached hydrogens (tertiary/aromatic N) is 1. The summed E-state index contributed by atoms with van der Waals surface area (Å²) in [5, 5.41) is 4.59. The van der Waals surface area contributed by atoms with Crippen LogP contribution in [0.25, 0.3) is 43.8 Å². The van der Waals surface area contributed by atoms with Gasteiger partial charge in [-0.15, -0.1) is 23.6 Å². The summed E-state index contributed by atoms with van der Waals surface area (Å²) < 4.78 is 5.84. The first kappa shape index (κ1) is 19.8. The third kappa shape index (κ3) is 2.92. The second-order valence-electron chi connectivity index (χ2n) is 7.95. The number of aryl methyl sites for hydroxylation is 5. The normalized spacial score (nSPS) is 11.3. The number of hydrogen-bond acceptors (Lipinski definition) is 2. The molecule has 4 aromatic carbocycles. The van der Waals surface area contributed by atoms with Crippen molar-refractivity contribution in [2.24, 2.45) is 0 Å². The van der Waals surface area contributed by atoms with Crippen molar-refractivity contribution < 1.29 is 24.5 Å². The summed E-state index contributed by atoms with van der Waals surface area (Å²) in [4.78, 5) is 4.56. The van der Waals surface area contributed by atoms with E-state index in [-0.39, 0.29) is 20.1 Å². The van der Waals surface area contributed by atoms with Gasteiger partial charge in [0.1, 0.15) is 5.58 Å². The first-order valence-corrected chi connectivity index (χ1v) is 9.64. The maximum atomic E-state index is 5.84. The predicted octanol–water partition coefficient (Wildman–Crippen LogP) is 7.14. The number of hydrogen-bond donors (Lipinski definition) is 0. The fourth-order valence-electron chi connectivity index (χ4n) is 4.85. The summed E-state index contributed by atoms with van der Waals surface area (Å²) in [7, 11) is 0. The van der Waals surface area contributed by atoms with E-state index < -0.39 is 0 Å². The van der Waals surface area contributed by atoms with Gasteiger partial charge < -0.3 is 4.42 Å². The molecular formula is C26H22IrNO-. The largest absolute Gasteiger partial charge is 0.454 e. The maximum Gasteiger partial charge on any atom is 0.171 e. The molecule has 0 spiro atoms. The van der Waals surface area contributed by atoms with Crippen molar-refractivity contribution in [3.05, 3.63) is 76.7 Å². The topological polar surface area (TPSA) is 26.0 Å². The monoisotopic (exact) mass is 557 g/mol. The van der Waals surface area contributed by atoms with Gasteiger partial charge in [0.25, 0.3) is 0 Å². The minimum absolute atomic E-state index is 0. The van der Waals surface area contributed by atoms with Gasteiger partial charge in [0.15, 0.2) is 6.39 Å². The molecule has 0 unspecified atom stereocenters. The van der Waals surface area contributed by atoms with E-state index in [1.807, 2.05) is 6.07 Å². The van der Waals surface area contributed by atoms with Crippen LogP contribution in [0.3, 0.4) is 0 Å². The van der Waals surface area contributed by atoms with Gasteiger partial charge in [-0.05, 0) is 62.3 Å². The molecule has 1 heterocycles. The molecular weight excluding hydrogens is 535 g/mol. The molecule has 1 aromatic heterocycles. The number of rotatable bonds is 1. The van der Waals surface area contributed by atoms with Crippen LogP contribution >= 0.6 is 0 Å². The molecule has 0 aliphatic carbocycles. The Labute approximate surface area is 184 Å². The molecule has 0 saturated carbocycles. The van der Waals surface area contributed by atoms with Gasteiger partial charge in [-0.3, -0.25) is 4.98 Å². The third-order valence-corrected chi connectivity index (χ3v) is 5.72. The van der Waals surface area contributed by atoms with Crippen molar-refractivity contribution >= 4 is 32.6 Å². The molecule has 0 saturated heterocycles. The van der Waals surface area contributed by atoms with Crippen LogP contribution in [0.4, 0.5) is 0 Å². The summed E-state index contributed by atoms with van der Waals surface area (Å²) >= 11 is 0. The molecule has 29 heavy (non-hydrogen) atoms. The van der Waals surface area contributed by atoms with E-state index in [0.29, 0.717) is 0 Å². The molecule has 0 atom stereocenters. The maximum absolute atomic E-state index is 5.84. The van der Waals surface area contributed by atoms with E-state index in [9.17, 15) is 0 Å². The smallest absolute Gasteiger partial charge is 0.171 e. The Bertz CT molecular complexity index is 1390. The van der Waals surface area contributed by atoms with Crippen LogP contribution in [0.1, 0.15) is 27.8 Å². The zero-order valence-corrected chi connectivity index (χ0v) is 19.6. The summed E-state index contributed by atoms with van der Waals surface area (Å²) in [5.74, 6) is 0. The van der Waals surface area contributed by atoms with Crippen LogP contribution in [0, 0.1) is 40.7 Å². The molecule has 0 aliphatic rings. The van der Waals surface area contributed by atoms with Crippen molar-refractivity contribution in [1.29, 1.82) is 0 Å². The van der Waals surface area contributed by atoms with Gasteiger partial charge >= 0.3 is 0 Å². The Morgan fingerprint density at radius 1 is 0.828 bits per heavy atom. The average molecular weight is 557 g/mol. The molecule has 0 aliphatic heterocycles. The van der Waals surface area contributed by atoms with E-state index in [1.165, 1.54) is 49.7 Å². The van der Waals surface area contributed by atoms with Crippen LogP contribution in [0.2, 0.25) is 0 Å². The predicted molar refractivity (Wildman–Crippen MR) is 117 cm³/mol. The molecule has 0 amide bonds. The second kappa shape index (κ2) is 7.09. The Kier molecular flexibility index (Phi) is 4.85. The number of aromatic nitrogens is 1.